The number of hydrogen-bond donors (Lipinski definition) is 2. The Balaban J connectivity index is 1.64. The number of esters is 1. The van der Waals surface area contributed by atoms with Crippen molar-refractivity contribution in [3.8, 4) is 0 Å². The maximum Gasteiger partial charge on any atom is 0.341 e. The lowest BCUT2D eigenvalue weighted by atomic mass is 9.82. The van der Waals surface area contributed by atoms with Crippen LogP contribution in [0, 0.1) is 29.6 Å². The second kappa shape index (κ2) is 7.35. The van der Waals surface area contributed by atoms with Crippen LogP contribution in [0.5, 0.6) is 0 Å². The minimum Gasteiger partial charge on any atom is -0.481 e. The molecule has 0 unspecified atom stereocenters. The van der Waals surface area contributed by atoms with Gasteiger partial charge in [0, 0.05) is 4.88 Å². The molecule has 0 saturated heterocycles. The van der Waals surface area contributed by atoms with E-state index in [-0.39, 0.29) is 24.3 Å². The Labute approximate surface area is 168 Å². The number of hydrogen-bond acceptors (Lipinski definition) is 5. The molecule has 28 heavy (non-hydrogen) atoms. The van der Waals surface area contributed by atoms with Gasteiger partial charge in [0.05, 0.1) is 24.0 Å². The summed E-state index contributed by atoms with van der Waals surface area (Å²) in [6.07, 6.45) is 7.27. The van der Waals surface area contributed by atoms with Gasteiger partial charge in [0.2, 0.25) is 5.91 Å². The maximum absolute atomic E-state index is 13.1. The minimum atomic E-state index is -0.929. The van der Waals surface area contributed by atoms with E-state index in [0.29, 0.717) is 22.9 Å². The van der Waals surface area contributed by atoms with E-state index in [1.807, 2.05) is 12.2 Å². The number of thiophene rings is 1. The summed E-state index contributed by atoms with van der Waals surface area (Å²) in [5.74, 6) is -2.53. The van der Waals surface area contributed by atoms with E-state index < -0.39 is 23.8 Å². The van der Waals surface area contributed by atoms with Crippen molar-refractivity contribution in [2.24, 2.45) is 29.6 Å². The highest BCUT2D eigenvalue weighted by atomic mass is 32.1. The number of aliphatic carboxylic acids is 1. The van der Waals surface area contributed by atoms with E-state index in [0.717, 1.165) is 29.7 Å². The van der Waals surface area contributed by atoms with Gasteiger partial charge < -0.3 is 15.2 Å². The third-order valence-corrected chi connectivity index (χ3v) is 7.44. The third kappa shape index (κ3) is 3.15. The van der Waals surface area contributed by atoms with Crippen molar-refractivity contribution < 1.29 is 24.2 Å². The molecule has 1 heterocycles. The van der Waals surface area contributed by atoms with Crippen molar-refractivity contribution in [3.05, 3.63) is 28.2 Å². The molecule has 6 nitrogen and oxygen atoms in total. The molecular weight excluding hydrogens is 378 g/mol. The molecule has 1 saturated carbocycles. The predicted octanol–water partition coefficient (Wildman–Crippen LogP) is 3.51. The summed E-state index contributed by atoms with van der Waals surface area (Å²) < 4.78 is 5.25. The summed E-state index contributed by atoms with van der Waals surface area (Å²) in [6, 6.07) is 0. The number of amides is 1. The zero-order valence-electron chi connectivity index (χ0n) is 16.1. The number of fused-ring (bicyclic) bond motifs is 3. The van der Waals surface area contributed by atoms with Crippen molar-refractivity contribution in [2.45, 2.75) is 39.5 Å². The number of carbonyl (C=O) groups is 3. The Morgan fingerprint density at radius 1 is 1.25 bits per heavy atom. The fourth-order valence-corrected chi connectivity index (χ4v) is 6.37. The Morgan fingerprint density at radius 2 is 1.96 bits per heavy atom. The van der Waals surface area contributed by atoms with Crippen molar-refractivity contribution in [2.75, 3.05) is 11.9 Å². The molecule has 5 atom stereocenters. The molecule has 1 aromatic rings. The molecule has 1 aromatic heterocycles. The second-order valence-corrected chi connectivity index (χ2v) is 9.21. The summed E-state index contributed by atoms with van der Waals surface area (Å²) >= 11 is 1.44. The van der Waals surface area contributed by atoms with Crippen LogP contribution >= 0.6 is 11.3 Å². The largest absolute Gasteiger partial charge is 0.481 e. The summed E-state index contributed by atoms with van der Waals surface area (Å²) in [6.45, 7) is 4.21. The van der Waals surface area contributed by atoms with Gasteiger partial charge >= 0.3 is 11.9 Å². The van der Waals surface area contributed by atoms with Crippen LogP contribution in [-0.4, -0.2) is 29.6 Å². The van der Waals surface area contributed by atoms with E-state index >= 15 is 0 Å². The second-order valence-electron chi connectivity index (χ2n) is 8.10. The van der Waals surface area contributed by atoms with Crippen molar-refractivity contribution >= 4 is 34.2 Å². The first kappa shape index (κ1) is 19.2. The van der Waals surface area contributed by atoms with Crippen LogP contribution in [0.15, 0.2) is 12.2 Å². The Morgan fingerprint density at radius 3 is 2.64 bits per heavy atom. The van der Waals surface area contributed by atoms with Crippen LogP contribution in [0.1, 0.15) is 47.5 Å². The maximum atomic E-state index is 13.1. The highest BCUT2D eigenvalue weighted by molar-refractivity contribution is 7.17. The fourth-order valence-electron chi connectivity index (χ4n) is 4.97. The van der Waals surface area contributed by atoms with Crippen LogP contribution < -0.4 is 5.32 Å². The number of allylic oxidation sites excluding steroid dienone is 2. The van der Waals surface area contributed by atoms with Gasteiger partial charge in [-0.1, -0.05) is 19.1 Å². The molecule has 3 aliphatic rings. The number of nitrogens with one attached hydrogen (secondary N) is 1. The van der Waals surface area contributed by atoms with Gasteiger partial charge in [0.1, 0.15) is 5.00 Å². The molecule has 0 aromatic carbocycles. The Kier molecular flexibility index (Phi) is 5.04. The first-order chi connectivity index (χ1) is 13.4. The summed E-state index contributed by atoms with van der Waals surface area (Å²) in [4.78, 5) is 38.5. The number of rotatable bonds is 5. The number of carboxylic acid groups (broad SMARTS) is 1. The zero-order chi connectivity index (χ0) is 20.0. The highest BCUT2D eigenvalue weighted by Gasteiger charge is 2.51. The van der Waals surface area contributed by atoms with Crippen molar-refractivity contribution in [1.29, 1.82) is 0 Å². The highest BCUT2D eigenvalue weighted by Crippen LogP contribution is 2.49. The van der Waals surface area contributed by atoms with Crippen molar-refractivity contribution in [1.82, 2.24) is 0 Å². The van der Waals surface area contributed by atoms with Gasteiger partial charge in [-0.15, -0.1) is 11.3 Å². The average Bonchev–Trinajstić information content (AvgIpc) is 3.33. The Bertz CT molecular complexity index is 857. The van der Waals surface area contributed by atoms with Crippen LogP contribution in [-0.2, 0) is 27.2 Å². The van der Waals surface area contributed by atoms with Gasteiger partial charge in [-0.05, 0) is 55.9 Å². The molecule has 1 amide bonds. The van der Waals surface area contributed by atoms with Gasteiger partial charge in [0.15, 0.2) is 0 Å². The van der Waals surface area contributed by atoms with Gasteiger partial charge in [0.25, 0.3) is 0 Å². The first-order valence-corrected chi connectivity index (χ1v) is 10.8. The van der Waals surface area contributed by atoms with E-state index in [2.05, 4.69) is 12.2 Å². The van der Waals surface area contributed by atoms with Crippen LogP contribution in [0.2, 0.25) is 0 Å². The first-order valence-electron chi connectivity index (χ1n) is 9.94. The number of ether oxygens (including phenoxy) is 1. The number of carboxylic acids is 1. The van der Waals surface area contributed by atoms with Crippen molar-refractivity contribution in [3.63, 3.8) is 0 Å². The molecule has 7 heteroatoms. The number of carbonyl (C=O) groups excluding carboxylic acids is 2. The lowest BCUT2D eigenvalue weighted by Gasteiger charge is -2.23. The summed E-state index contributed by atoms with van der Waals surface area (Å²) in [5.41, 5.74) is 1.45. The zero-order valence-corrected chi connectivity index (χ0v) is 16.9. The molecule has 150 valence electrons. The topological polar surface area (TPSA) is 92.7 Å². The SMILES string of the molecule is CCOC(=O)c1c(NC(=O)[C@@H]2[C@@H](C(=O)O)[C@H]3C=C[C@H]2C3)sc2c1CC[C@@H](C)C2. The molecule has 0 radical (unpaired) electrons. The van der Waals surface area contributed by atoms with Gasteiger partial charge in [-0.3, -0.25) is 9.59 Å². The fraction of sp³-hybridized carbons (Fsp3) is 0.571. The number of anilines is 1. The monoisotopic (exact) mass is 403 g/mol. The normalized spacial score (nSPS) is 30.1. The van der Waals surface area contributed by atoms with E-state index in [9.17, 15) is 19.5 Å². The molecule has 2 bridgehead atoms. The predicted molar refractivity (Wildman–Crippen MR) is 105 cm³/mol. The smallest absolute Gasteiger partial charge is 0.341 e. The lowest BCUT2D eigenvalue weighted by Crippen LogP contribution is -2.36. The van der Waals surface area contributed by atoms with Crippen LogP contribution in [0.3, 0.4) is 0 Å². The Hall–Kier alpha value is -2.15. The van der Waals surface area contributed by atoms with Crippen LogP contribution in [0.25, 0.3) is 0 Å². The quantitative estimate of drug-likeness (QED) is 0.580. The van der Waals surface area contributed by atoms with Crippen LogP contribution in [0.4, 0.5) is 5.00 Å². The van der Waals surface area contributed by atoms with Gasteiger partial charge in [-0.2, -0.15) is 0 Å². The summed E-state index contributed by atoms with van der Waals surface area (Å²) in [5, 5.41) is 13.0. The molecule has 0 spiro atoms. The molecular formula is C21H25NO5S. The molecule has 2 N–H and O–H groups in total. The van der Waals surface area contributed by atoms with E-state index in [1.165, 1.54) is 11.3 Å². The standard InChI is InChI=1S/C21H25NO5S/c1-3-27-21(26)17-13-7-4-10(2)8-14(13)28-19(17)22-18(23)15-11-5-6-12(9-11)16(15)20(24)25/h5-6,10-12,15-16H,3-4,7-9H2,1-2H3,(H,22,23)(H,24,25)/t10-,11+,12+,15+,16+/m1/s1. The van der Waals surface area contributed by atoms with Gasteiger partial charge in [-0.25, -0.2) is 4.79 Å². The summed E-state index contributed by atoms with van der Waals surface area (Å²) in [7, 11) is 0. The molecule has 3 aliphatic carbocycles. The van der Waals surface area contributed by atoms with E-state index in [1.54, 1.807) is 6.92 Å². The lowest BCUT2D eigenvalue weighted by molar-refractivity contribution is -0.146. The molecule has 1 fully saturated rings. The van der Waals surface area contributed by atoms with E-state index in [4.69, 9.17) is 4.74 Å². The minimum absolute atomic E-state index is 0.0493. The molecule has 0 aliphatic heterocycles. The third-order valence-electron chi connectivity index (χ3n) is 6.28. The molecule has 4 rings (SSSR count). The average molecular weight is 404 g/mol.